The molecule has 2 nitrogen and oxygen atoms in total. The Kier molecular flexibility index (Phi) is 4.84. The summed E-state index contributed by atoms with van der Waals surface area (Å²) in [5.74, 6) is 2.28. The van der Waals surface area contributed by atoms with Gasteiger partial charge in [0, 0.05) is 12.5 Å². The molecule has 2 aliphatic rings. The topological polar surface area (TPSA) is 26.3 Å². The summed E-state index contributed by atoms with van der Waals surface area (Å²) in [7, 11) is 0. The van der Waals surface area contributed by atoms with Crippen molar-refractivity contribution < 1.29 is 9.53 Å². The zero-order valence-electron chi connectivity index (χ0n) is 11.7. The lowest BCUT2D eigenvalue weighted by atomic mass is 9.79. The van der Waals surface area contributed by atoms with Crippen LogP contribution in [0.5, 0.6) is 0 Å². The molecule has 0 N–H and O–H groups in total. The number of Topliss-reactive ketones (excluding diaryl/α,β-unsaturated/α-hetero) is 1. The maximum absolute atomic E-state index is 12.8. The van der Waals surface area contributed by atoms with Gasteiger partial charge in [0.2, 0.25) is 0 Å². The number of thioether (sulfide) groups is 1. The average molecular weight is 345 g/mol. The van der Waals surface area contributed by atoms with Gasteiger partial charge in [0.1, 0.15) is 0 Å². The summed E-state index contributed by atoms with van der Waals surface area (Å²) < 4.78 is 6.05. The lowest BCUT2D eigenvalue weighted by Crippen LogP contribution is -2.44. The third-order valence-corrected chi connectivity index (χ3v) is 6.09. The molecule has 5 heteroatoms. The zero-order chi connectivity index (χ0) is 14.9. The Hall–Kier alpha value is -0.220. The Morgan fingerprint density at radius 2 is 1.90 bits per heavy atom. The van der Waals surface area contributed by atoms with Gasteiger partial charge in [0.15, 0.2) is 5.78 Å². The van der Waals surface area contributed by atoms with Crippen molar-refractivity contribution in [3.05, 3.63) is 33.8 Å². The van der Waals surface area contributed by atoms with E-state index in [0.29, 0.717) is 22.2 Å². The van der Waals surface area contributed by atoms with Gasteiger partial charge in [-0.3, -0.25) is 4.79 Å². The molecule has 2 aliphatic heterocycles. The highest BCUT2D eigenvalue weighted by Crippen LogP contribution is 2.41. The second kappa shape index (κ2) is 6.49. The number of ether oxygens (including phenoxy) is 1. The summed E-state index contributed by atoms with van der Waals surface area (Å²) in [6, 6.07) is 5.23. The van der Waals surface area contributed by atoms with Crippen LogP contribution in [0.25, 0.3) is 0 Å². The summed E-state index contributed by atoms with van der Waals surface area (Å²) in [6.07, 6.45) is 3.64. The molecular formula is C16H18Cl2O2S. The Morgan fingerprint density at radius 3 is 2.57 bits per heavy atom. The largest absolute Gasteiger partial charge is 0.375 e. The first kappa shape index (κ1) is 15.7. The number of hydrogen-bond donors (Lipinski definition) is 0. The molecular weight excluding hydrogens is 327 g/mol. The van der Waals surface area contributed by atoms with Gasteiger partial charge in [-0.2, -0.15) is 11.8 Å². The molecule has 0 bridgehead atoms. The third kappa shape index (κ3) is 3.26. The molecule has 0 aliphatic carbocycles. The first-order valence-electron chi connectivity index (χ1n) is 7.31. The summed E-state index contributed by atoms with van der Waals surface area (Å²) in [5.41, 5.74) is 0.380. The Labute approximate surface area is 139 Å². The predicted molar refractivity (Wildman–Crippen MR) is 88.8 cm³/mol. The second-order valence-electron chi connectivity index (χ2n) is 5.79. The molecule has 1 aromatic carbocycles. The molecule has 1 aromatic rings. The molecule has 1 atom stereocenters. The number of carbonyl (C=O) groups excluding carboxylic acids is 1. The standard InChI is InChI=1S/C16H18Cl2O2S/c17-12-2-1-3-13(18)14(12)15(19)11-4-7-20-16(10-11)5-8-21-9-6-16/h1-3,11H,4-10H2. The number of rotatable bonds is 2. The fourth-order valence-electron chi connectivity index (χ4n) is 3.28. The van der Waals surface area contributed by atoms with Gasteiger partial charge in [0.25, 0.3) is 0 Å². The molecule has 0 saturated carbocycles. The van der Waals surface area contributed by atoms with E-state index in [1.54, 1.807) is 18.2 Å². The summed E-state index contributed by atoms with van der Waals surface area (Å²) in [4.78, 5) is 12.8. The van der Waals surface area contributed by atoms with Crippen molar-refractivity contribution in [3.63, 3.8) is 0 Å². The molecule has 114 valence electrons. The average Bonchev–Trinajstić information content (AvgIpc) is 2.48. The van der Waals surface area contributed by atoms with Crippen LogP contribution < -0.4 is 0 Å². The summed E-state index contributed by atoms with van der Waals surface area (Å²) in [6.45, 7) is 0.656. The predicted octanol–water partition coefficient (Wildman–Crippen LogP) is 4.87. The maximum atomic E-state index is 12.8. The van der Waals surface area contributed by atoms with Crippen molar-refractivity contribution in [1.82, 2.24) is 0 Å². The molecule has 21 heavy (non-hydrogen) atoms. The lowest BCUT2D eigenvalue weighted by Gasteiger charge is -2.43. The van der Waals surface area contributed by atoms with Crippen LogP contribution in [-0.2, 0) is 4.74 Å². The van der Waals surface area contributed by atoms with E-state index in [1.165, 1.54) is 0 Å². The van der Waals surface area contributed by atoms with Crippen LogP contribution in [0, 0.1) is 5.92 Å². The van der Waals surface area contributed by atoms with E-state index in [1.807, 2.05) is 11.8 Å². The van der Waals surface area contributed by atoms with Gasteiger partial charge in [-0.15, -0.1) is 0 Å². The minimum absolute atomic E-state index is 0.0285. The number of halogens is 2. The van der Waals surface area contributed by atoms with Crippen LogP contribution >= 0.6 is 35.0 Å². The van der Waals surface area contributed by atoms with E-state index in [-0.39, 0.29) is 17.3 Å². The molecule has 3 rings (SSSR count). The lowest BCUT2D eigenvalue weighted by molar-refractivity contribution is -0.0959. The number of benzene rings is 1. The second-order valence-corrected chi connectivity index (χ2v) is 7.83. The molecule has 2 fully saturated rings. The van der Waals surface area contributed by atoms with Crippen LogP contribution in [0.15, 0.2) is 18.2 Å². The normalized spacial score (nSPS) is 25.0. The van der Waals surface area contributed by atoms with E-state index >= 15 is 0 Å². The van der Waals surface area contributed by atoms with Crippen LogP contribution in [0.3, 0.4) is 0 Å². The Balaban J connectivity index is 1.81. The molecule has 0 radical (unpaired) electrons. The van der Waals surface area contributed by atoms with Crippen molar-refractivity contribution in [1.29, 1.82) is 0 Å². The zero-order valence-corrected chi connectivity index (χ0v) is 14.1. The van der Waals surface area contributed by atoms with Crippen molar-refractivity contribution in [3.8, 4) is 0 Å². The van der Waals surface area contributed by atoms with Crippen LogP contribution in [0.2, 0.25) is 10.0 Å². The van der Waals surface area contributed by atoms with E-state index in [9.17, 15) is 4.79 Å². The number of carbonyl (C=O) groups is 1. The molecule has 1 unspecified atom stereocenters. The van der Waals surface area contributed by atoms with Gasteiger partial charge in [-0.1, -0.05) is 29.3 Å². The Morgan fingerprint density at radius 1 is 1.24 bits per heavy atom. The minimum Gasteiger partial charge on any atom is -0.375 e. The molecule has 0 aromatic heterocycles. The van der Waals surface area contributed by atoms with E-state index in [2.05, 4.69) is 0 Å². The van der Waals surface area contributed by atoms with E-state index in [0.717, 1.165) is 37.2 Å². The monoisotopic (exact) mass is 344 g/mol. The number of ketones is 1. The SMILES string of the molecule is O=C(c1c(Cl)cccc1Cl)C1CCOC2(CCSCC2)C1. The van der Waals surface area contributed by atoms with Crippen LogP contribution in [0.1, 0.15) is 36.0 Å². The highest BCUT2D eigenvalue weighted by atomic mass is 35.5. The molecule has 2 saturated heterocycles. The van der Waals surface area contributed by atoms with Crippen molar-refractivity contribution >= 4 is 40.7 Å². The minimum atomic E-state index is -0.0996. The molecule has 1 spiro atoms. The quantitative estimate of drug-likeness (QED) is 0.716. The first-order chi connectivity index (χ1) is 10.1. The molecule has 0 amide bonds. The third-order valence-electron chi connectivity index (χ3n) is 4.48. The van der Waals surface area contributed by atoms with Gasteiger partial charge in [0.05, 0.1) is 21.2 Å². The maximum Gasteiger partial charge on any atom is 0.169 e. The van der Waals surface area contributed by atoms with Gasteiger partial charge in [-0.25, -0.2) is 0 Å². The van der Waals surface area contributed by atoms with Crippen molar-refractivity contribution in [2.75, 3.05) is 18.1 Å². The van der Waals surface area contributed by atoms with Crippen LogP contribution in [0.4, 0.5) is 0 Å². The highest BCUT2D eigenvalue weighted by molar-refractivity contribution is 7.99. The van der Waals surface area contributed by atoms with Gasteiger partial charge >= 0.3 is 0 Å². The number of hydrogen-bond acceptors (Lipinski definition) is 3. The van der Waals surface area contributed by atoms with Crippen molar-refractivity contribution in [2.24, 2.45) is 5.92 Å². The van der Waals surface area contributed by atoms with Gasteiger partial charge < -0.3 is 4.74 Å². The fourth-order valence-corrected chi connectivity index (χ4v) is 5.10. The highest BCUT2D eigenvalue weighted by Gasteiger charge is 2.41. The first-order valence-corrected chi connectivity index (χ1v) is 9.22. The fraction of sp³-hybridized carbons (Fsp3) is 0.562. The van der Waals surface area contributed by atoms with E-state index < -0.39 is 0 Å². The van der Waals surface area contributed by atoms with Crippen LogP contribution in [-0.4, -0.2) is 29.5 Å². The smallest absolute Gasteiger partial charge is 0.169 e. The van der Waals surface area contributed by atoms with E-state index in [4.69, 9.17) is 27.9 Å². The summed E-state index contributed by atoms with van der Waals surface area (Å²) in [5, 5.41) is 0.902. The Bertz CT molecular complexity index is 515. The van der Waals surface area contributed by atoms with Crippen molar-refractivity contribution in [2.45, 2.75) is 31.3 Å². The van der Waals surface area contributed by atoms with Gasteiger partial charge in [-0.05, 0) is 49.3 Å². The molecule has 2 heterocycles. The summed E-state index contributed by atoms with van der Waals surface area (Å²) >= 11 is 14.3.